The monoisotopic (exact) mass is 416 g/mol. The number of hydrogen-bond acceptors (Lipinski definition) is 5. The van der Waals surface area contributed by atoms with Crippen LogP contribution in [0.3, 0.4) is 0 Å². The van der Waals surface area contributed by atoms with Crippen molar-refractivity contribution in [3.05, 3.63) is 29.8 Å². The number of hydrogen-bond donors (Lipinski definition) is 1. The zero-order chi connectivity index (χ0) is 20.7. The molecule has 10 heteroatoms. The Morgan fingerprint density at radius 3 is 2.57 bits per heavy atom. The Hall–Kier alpha value is -2.23. The maximum Gasteiger partial charge on any atom is 0.416 e. The van der Waals surface area contributed by atoms with E-state index in [-0.39, 0.29) is 11.6 Å². The number of nitrogens with one attached hydrogen (secondary N) is 1. The first kappa shape index (κ1) is 20.5. The molecule has 2 aliphatic heterocycles. The Bertz CT molecular complexity index is 799. The number of benzene rings is 1. The number of alkyl halides is 3. The Labute approximate surface area is 163 Å². The largest absolute Gasteiger partial charge is 0.451 e. The number of ether oxygens (including phenoxy) is 1. The van der Waals surface area contributed by atoms with Gasteiger partial charge in [0.05, 0.1) is 10.4 Å². The molecule has 0 unspecified atom stereocenters. The van der Waals surface area contributed by atoms with Crippen LogP contribution in [-0.2, 0) is 25.3 Å². The van der Waals surface area contributed by atoms with Crippen LogP contribution >= 0.6 is 11.8 Å². The van der Waals surface area contributed by atoms with E-state index in [1.165, 1.54) is 23.6 Å². The molecule has 6 nitrogen and oxygen atoms in total. The normalized spacial score (nSPS) is 25.4. The topological polar surface area (TPSA) is 75.7 Å². The van der Waals surface area contributed by atoms with Gasteiger partial charge in [-0.1, -0.05) is 0 Å². The van der Waals surface area contributed by atoms with Gasteiger partial charge in [0.2, 0.25) is 5.91 Å². The minimum absolute atomic E-state index is 0.115. The van der Waals surface area contributed by atoms with Gasteiger partial charge in [0.15, 0.2) is 6.10 Å². The van der Waals surface area contributed by atoms with Gasteiger partial charge >= 0.3 is 12.1 Å². The summed E-state index contributed by atoms with van der Waals surface area (Å²) < 4.78 is 42.9. The van der Waals surface area contributed by atoms with Crippen molar-refractivity contribution in [1.82, 2.24) is 4.90 Å². The van der Waals surface area contributed by atoms with Gasteiger partial charge in [-0.05, 0) is 44.5 Å². The highest BCUT2D eigenvalue weighted by Gasteiger charge is 2.53. The fraction of sp³-hybridized carbons (Fsp3) is 0.500. The van der Waals surface area contributed by atoms with Gasteiger partial charge < -0.3 is 15.0 Å². The van der Waals surface area contributed by atoms with Crippen molar-refractivity contribution >= 4 is 35.2 Å². The molecule has 1 aromatic rings. The molecule has 0 radical (unpaired) electrons. The molecule has 0 aromatic heterocycles. The summed E-state index contributed by atoms with van der Waals surface area (Å²) in [5, 5.41) is 2.41. The Morgan fingerprint density at radius 1 is 1.32 bits per heavy atom. The highest BCUT2D eigenvalue weighted by molar-refractivity contribution is 8.01. The van der Waals surface area contributed by atoms with Crippen LogP contribution in [0.5, 0.6) is 0 Å². The van der Waals surface area contributed by atoms with E-state index < -0.39 is 40.6 Å². The number of esters is 1. The van der Waals surface area contributed by atoms with Gasteiger partial charge in [0.1, 0.15) is 6.04 Å². The van der Waals surface area contributed by atoms with Crippen molar-refractivity contribution in [3.63, 3.8) is 0 Å². The number of fused-ring (bicyclic) bond motifs is 1. The number of thioether (sulfide) groups is 1. The van der Waals surface area contributed by atoms with Crippen LogP contribution in [-0.4, -0.2) is 45.5 Å². The van der Waals surface area contributed by atoms with Crippen LogP contribution < -0.4 is 5.32 Å². The minimum Gasteiger partial charge on any atom is -0.451 e. The summed E-state index contributed by atoms with van der Waals surface area (Å²) in [5.74, 6) is -1.05. The van der Waals surface area contributed by atoms with E-state index in [4.69, 9.17) is 4.74 Å². The van der Waals surface area contributed by atoms with Crippen LogP contribution in [0.15, 0.2) is 24.3 Å². The summed E-state index contributed by atoms with van der Waals surface area (Å²) in [6.07, 6.45) is -4.60. The summed E-state index contributed by atoms with van der Waals surface area (Å²) >= 11 is 1.51. The summed E-state index contributed by atoms with van der Waals surface area (Å²) in [4.78, 5) is 37.9. The molecule has 1 N–H and O–H groups in total. The first-order valence-electron chi connectivity index (χ1n) is 8.66. The smallest absolute Gasteiger partial charge is 0.416 e. The second kappa shape index (κ2) is 7.31. The fourth-order valence-corrected chi connectivity index (χ4v) is 4.70. The molecule has 0 saturated carbocycles. The van der Waals surface area contributed by atoms with Crippen molar-refractivity contribution in [3.8, 4) is 0 Å². The lowest BCUT2D eigenvalue weighted by atomic mass is 10.2. The predicted molar refractivity (Wildman–Crippen MR) is 96.4 cm³/mol. The van der Waals surface area contributed by atoms with Gasteiger partial charge in [-0.25, -0.2) is 4.79 Å². The zero-order valence-electron chi connectivity index (χ0n) is 15.2. The first-order chi connectivity index (χ1) is 13.0. The van der Waals surface area contributed by atoms with Crippen molar-refractivity contribution < 1.29 is 32.3 Å². The van der Waals surface area contributed by atoms with Crippen LogP contribution in [0.4, 0.5) is 18.9 Å². The van der Waals surface area contributed by atoms with E-state index in [1.807, 2.05) is 6.92 Å². The van der Waals surface area contributed by atoms with E-state index >= 15 is 0 Å². The van der Waals surface area contributed by atoms with Crippen molar-refractivity contribution in [2.75, 3.05) is 11.1 Å². The van der Waals surface area contributed by atoms with Crippen molar-refractivity contribution in [2.24, 2.45) is 0 Å². The third-order valence-corrected chi connectivity index (χ3v) is 6.36. The zero-order valence-corrected chi connectivity index (χ0v) is 16.0. The molecule has 0 bridgehead atoms. The summed E-state index contributed by atoms with van der Waals surface area (Å²) in [5.41, 5.74) is -0.679. The molecule has 0 spiro atoms. The molecule has 2 fully saturated rings. The second-order valence-electron chi connectivity index (χ2n) is 6.91. The number of nitrogens with zero attached hydrogens (tertiary/aromatic N) is 1. The van der Waals surface area contributed by atoms with E-state index in [0.717, 1.165) is 24.3 Å². The average Bonchev–Trinajstić information content (AvgIpc) is 3.10. The highest BCUT2D eigenvalue weighted by Crippen LogP contribution is 2.47. The van der Waals surface area contributed by atoms with Crippen LogP contribution in [0.1, 0.15) is 32.3 Å². The molecule has 2 aliphatic rings. The highest BCUT2D eigenvalue weighted by atomic mass is 32.2. The Kier molecular flexibility index (Phi) is 5.35. The maximum absolute atomic E-state index is 12.6. The Balaban J connectivity index is 1.58. The summed E-state index contributed by atoms with van der Waals surface area (Å²) in [6.45, 7) is 3.26. The number of amides is 2. The molecular formula is C18H19F3N2O4S. The van der Waals surface area contributed by atoms with Crippen LogP contribution in [0.25, 0.3) is 0 Å². The van der Waals surface area contributed by atoms with Crippen LogP contribution in [0, 0.1) is 0 Å². The molecule has 0 aliphatic carbocycles. The molecule has 3 atom stereocenters. The minimum atomic E-state index is -4.47. The molecule has 1 aromatic carbocycles. The molecule has 2 heterocycles. The summed E-state index contributed by atoms with van der Waals surface area (Å²) in [7, 11) is 0. The van der Waals surface area contributed by atoms with E-state index in [1.54, 1.807) is 0 Å². The van der Waals surface area contributed by atoms with Crippen molar-refractivity contribution in [1.29, 1.82) is 0 Å². The third-order valence-electron chi connectivity index (χ3n) is 4.86. The first-order valence-corrected chi connectivity index (χ1v) is 9.64. The van der Waals surface area contributed by atoms with Crippen LogP contribution in [0.2, 0.25) is 0 Å². The molecule has 3 rings (SSSR count). The number of carbonyl (C=O) groups excluding carboxylic acids is 3. The molecule has 152 valence electrons. The lowest BCUT2D eigenvalue weighted by Crippen LogP contribution is -2.48. The van der Waals surface area contributed by atoms with Gasteiger partial charge in [-0.2, -0.15) is 13.2 Å². The number of carbonyl (C=O) groups is 3. The molecule has 28 heavy (non-hydrogen) atoms. The SMILES string of the molecule is C[C@H](OC(=O)[C@@H]1CS[C@@]2(C)CCC(=O)N12)C(=O)Nc1ccc(C(F)(F)F)cc1. The Morgan fingerprint density at radius 2 is 1.96 bits per heavy atom. The number of rotatable bonds is 4. The lowest BCUT2D eigenvalue weighted by molar-refractivity contribution is -0.160. The summed E-state index contributed by atoms with van der Waals surface area (Å²) in [6, 6.07) is 3.20. The standard InChI is InChI=1S/C18H19F3N2O4S/c1-10(15(25)22-12-5-3-11(4-6-12)18(19,20)21)27-16(26)13-9-28-17(2)8-7-14(24)23(13)17/h3-6,10,13H,7-9H2,1-2H3,(H,22,25)/t10-,13-,17-/m0/s1. The van der Waals surface area contributed by atoms with E-state index in [9.17, 15) is 27.6 Å². The fourth-order valence-electron chi connectivity index (χ4n) is 3.29. The number of anilines is 1. The van der Waals surface area contributed by atoms with Crippen molar-refractivity contribution in [2.45, 2.75) is 49.9 Å². The third kappa shape index (κ3) is 3.96. The van der Waals surface area contributed by atoms with Gasteiger partial charge in [-0.3, -0.25) is 9.59 Å². The quantitative estimate of drug-likeness (QED) is 0.764. The number of halogens is 3. The predicted octanol–water partition coefficient (Wildman–Crippen LogP) is 3.03. The molecular weight excluding hydrogens is 397 g/mol. The average molecular weight is 416 g/mol. The van der Waals surface area contributed by atoms with Gasteiger partial charge in [0.25, 0.3) is 5.91 Å². The van der Waals surface area contributed by atoms with E-state index in [2.05, 4.69) is 5.32 Å². The molecule has 2 saturated heterocycles. The second-order valence-corrected chi connectivity index (χ2v) is 8.41. The lowest BCUT2D eigenvalue weighted by Gasteiger charge is -2.29. The van der Waals surface area contributed by atoms with E-state index in [0.29, 0.717) is 18.6 Å². The van der Waals surface area contributed by atoms with Gasteiger partial charge in [-0.15, -0.1) is 11.8 Å². The molecule has 2 amide bonds. The van der Waals surface area contributed by atoms with Gasteiger partial charge in [0, 0.05) is 17.9 Å². The maximum atomic E-state index is 12.6.